The van der Waals surface area contributed by atoms with Crippen LogP contribution in [0.1, 0.15) is 39.5 Å². The summed E-state index contributed by atoms with van der Waals surface area (Å²) in [6.45, 7) is 8.83. The molecule has 0 amide bonds. The zero-order valence-electron chi connectivity index (χ0n) is 19.4. The molecule has 1 spiro atoms. The molecule has 0 N–H and O–H groups in total. The largest absolute Gasteiger partial charge is 0.462 e. The number of carbonyl (C=O) groups excluding carboxylic acids is 1. The molecule has 2 saturated carbocycles. The Morgan fingerprint density at radius 2 is 1.91 bits per heavy atom. The Hall–Kier alpha value is -2.19. The molecule has 178 valence electrons. The van der Waals surface area contributed by atoms with Crippen molar-refractivity contribution in [2.75, 3.05) is 37.6 Å². The Labute approximate surface area is 194 Å². The van der Waals surface area contributed by atoms with Gasteiger partial charge in [0.25, 0.3) is 5.69 Å². The van der Waals surface area contributed by atoms with Crippen molar-refractivity contribution in [2.45, 2.75) is 57.3 Å². The molecular formula is C25H33N3O5. The van der Waals surface area contributed by atoms with Gasteiger partial charge in [0.05, 0.1) is 16.9 Å². The number of nitro benzene ring substituents is 1. The second kappa shape index (κ2) is 7.40. The molecule has 0 radical (unpaired) electrons. The van der Waals surface area contributed by atoms with Crippen molar-refractivity contribution >= 4 is 17.3 Å². The highest BCUT2D eigenvalue weighted by atomic mass is 16.6. The average molecular weight is 456 g/mol. The molecule has 5 aliphatic rings. The fourth-order valence-corrected chi connectivity index (χ4v) is 7.69. The van der Waals surface area contributed by atoms with E-state index in [1.807, 2.05) is 12.1 Å². The zero-order chi connectivity index (χ0) is 23.0. The molecule has 5 fully saturated rings. The number of anilines is 1. The Morgan fingerprint density at radius 1 is 1.18 bits per heavy atom. The van der Waals surface area contributed by atoms with Crippen molar-refractivity contribution in [3.63, 3.8) is 0 Å². The Bertz CT molecular complexity index is 961. The lowest BCUT2D eigenvalue weighted by Crippen LogP contribution is -2.55. The lowest BCUT2D eigenvalue weighted by molar-refractivity contribution is -0.384. The number of nitro groups is 1. The van der Waals surface area contributed by atoms with E-state index in [0.29, 0.717) is 5.92 Å². The van der Waals surface area contributed by atoms with Gasteiger partial charge in [-0.25, -0.2) is 0 Å². The zero-order valence-corrected chi connectivity index (χ0v) is 19.4. The number of epoxide rings is 1. The van der Waals surface area contributed by atoms with Crippen LogP contribution in [0.2, 0.25) is 0 Å². The third kappa shape index (κ3) is 3.13. The average Bonchev–Trinajstić information content (AvgIpc) is 3.49. The van der Waals surface area contributed by atoms with Crippen LogP contribution in [0.5, 0.6) is 0 Å². The molecule has 8 heteroatoms. The van der Waals surface area contributed by atoms with Gasteiger partial charge >= 0.3 is 5.97 Å². The normalized spacial score (nSPS) is 42.2. The minimum Gasteiger partial charge on any atom is -0.462 e. The van der Waals surface area contributed by atoms with Crippen molar-refractivity contribution < 1.29 is 19.2 Å². The van der Waals surface area contributed by atoms with E-state index in [0.717, 1.165) is 44.8 Å². The van der Waals surface area contributed by atoms with E-state index in [-0.39, 0.29) is 51.6 Å². The molecule has 3 heterocycles. The van der Waals surface area contributed by atoms with E-state index in [9.17, 15) is 14.9 Å². The highest BCUT2D eigenvalue weighted by Crippen LogP contribution is 2.70. The Balaban J connectivity index is 1.11. The van der Waals surface area contributed by atoms with Crippen LogP contribution in [0.25, 0.3) is 0 Å². The maximum Gasteiger partial charge on any atom is 0.311 e. The third-order valence-corrected chi connectivity index (χ3v) is 9.45. The number of piperazine rings is 1. The predicted molar refractivity (Wildman–Crippen MR) is 122 cm³/mol. The van der Waals surface area contributed by atoms with E-state index in [1.54, 1.807) is 12.1 Å². The van der Waals surface area contributed by atoms with Gasteiger partial charge in [-0.05, 0) is 37.3 Å². The number of non-ortho nitro benzene ring substituents is 1. The van der Waals surface area contributed by atoms with Gasteiger partial charge < -0.3 is 14.4 Å². The number of hydrogen-bond donors (Lipinski definition) is 0. The van der Waals surface area contributed by atoms with Gasteiger partial charge in [0, 0.05) is 61.9 Å². The summed E-state index contributed by atoms with van der Waals surface area (Å²) >= 11 is 0. The monoisotopic (exact) mass is 455 g/mol. The van der Waals surface area contributed by atoms with Gasteiger partial charge in [0.2, 0.25) is 0 Å². The summed E-state index contributed by atoms with van der Waals surface area (Å²) in [6.07, 6.45) is 4.73. The molecule has 8 nitrogen and oxygen atoms in total. The van der Waals surface area contributed by atoms with Crippen LogP contribution in [0.4, 0.5) is 11.4 Å². The van der Waals surface area contributed by atoms with Crippen LogP contribution in [-0.2, 0) is 14.3 Å². The van der Waals surface area contributed by atoms with Gasteiger partial charge in [0.15, 0.2) is 0 Å². The van der Waals surface area contributed by atoms with E-state index in [1.165, 1.54) is 19.3 Å². The molecule has 0 unspecified atom stereocenters. The second-order valence-corrected chi connectivity index (χ2v) is 11.1. The third-order valence-electron chi connectivity index (χ3n) is 9.45. The summed E-state index contributed by atoms with van der Waals surface area (Å²) in [6, 6.07) is 6.76. The van der Waals surface area contributed by atoms with Crippen LogP contribution in [-0.4, -0.2) is 66.3 Å². The first-order valence-corrected chi connectivity index (χ1v) is 12.4. The molecule has 1 aromatic rings. The first kappa shape index (κ1) is 21.4. The maximum atomic E-state index is 13.0. The van der Waals surface area contributed by atoms with E-state index in [4.69, 9.17) is 9.47 Å². The molecule has 0 bridgehead atoms. The number of fused-ring (bicyclic) bond motifs is 2. The van der Waals surface area contributed by atoms with Gasteiger partial charge in [-0.15, -0.1) is 0 Å². The van der Waals surface area contributed by atoms with Crippen molar-refractivity contribution in [1.29, 1.82) is 0 Å². The quantitative estimate of drug-likeness (QED) is 0.298. The first-order valence-electron chi connectivity index (χ1n) is 12.4. The molecule has 0 aromatic heterocycles. The van der Waals surface area contributed by atoms with Crippen molar-refractivity contribution in [2.24, 2.45) is 23.2 Å². The fourth-order valence-electron chi connectivity index (χ4n) is 7.69. The molecule has 3 saturated heterocycles. The van der Waals surface area contributed by atoms with Gasteiger partial charge in [-0.2, -0.15) is 0 Å². The molecule has 7 atom stereocenters. The predicted octanol–water partition coefficient (Wildman–Crippen LogP) is 3.24. The van der Waals surface area contributed by atoms with Crippen LogP contribution < -0.4 is 4.90 Å². The van der Waals surface area contributed by atoms with Crippen molar-refractivity contribution in [1.82, 2.24) is 4.90 Å². The summed E-state index contributed by atoms with van der Waals surface area (Å²) in [5, 5.41) is 10.9. The standard InChI is InChI=1S/C25H33N3O5/c1-16-4-3-9-24(2)14-20-21(22-25(16,24)33-22)19(23(29)32-20)15-26-10-12-27(13-11-26)17-5-7-18(8-6-17)28(30)31/h5-8,16,19-22H,3-4,9-15H2,1-2H3/t16-,19-,20+,21+,22-,24-,25+/m1/s1. The highest BCUT2D eigenvalue weighted by Gasteiger charge is 2.78. The van der Waals surface area contributed by atoms with Gasteiger partial charge in [0.1, 0.15) is 11.7 Å². The maximum absolute atomic E-state index is 13.0. The van der Waals surface area contributed by atoms with Crippen molar-refractivity contribution in [3.8, 4) is 0 Å². The topological polar surface area (TPSA) is 88.5 Å². The lowest BCUT2D eigenvalue weighted by atomic mass is 9.53. The number of hydrogen-bond acceptors (Lipinski definition) is 7. The van der Waals surface area contributed by atoms with Crippen LogP contribution in [0, 0.1) is 33.3 Å². The van der Waals surface area contributed by atoms with Crippen LogP contribution in [0.3, 0.4) is 0 Å². The minimum atomic E-state index is -0.370. The smallest absolute Gasteiger partial charge is 0.311 e. The summed E-state index contributed by atoms with van der Waals surface area (Å²) in [7, 11) is 0. The summed E-state index contributed by atoms with van der Waals surface area (Å²) in [5.74, 6) is 0.579. The molecule has 3 aliphatic heterocycles. The Morgan fingerprint density at radius 3 is 2.61 bits per heavy atom. The lowest BCUT2D eigenvalue weighted by Gasteiger charge is -2.49. The van der Waals surface area contributed by atoms with Gasteiger partial charge in [-0.1, -0.05) is 20.3 Å². The summed E-state index contributed by atoms with van der Waals surface area (Å²) in [5.41, 5.74) is 1.20. The van der Waals surface area contributed by atoms with E-state index in [2.05, 4.69) is 23.6 Å². The molecule has 33 heavy (non-hydrogen) atoms. The van der Waals surface area contributed by atoms with E-state index < -0.39 is 0 Å². The molecule has 2 aliphatic carbocycles. The summed E-state index contributed by atoms with van der Waals surface area (Å²) < 4.78 is 12.5. The second-order valence-electron chi connectivity index (χ2n) is 11.1. The van der Waals surface area contributed by atoms with Gasteiger partial charge in [-0.3, -0.25) is 19.8 Å². The van der Waals surface area contributed by atoms with E-state index >= 15 is 0 Å². The number of benzene rings is 1. The van der Waals surface area contributed by atoms with Crippen LogP contribution in [0.15, 0.2) is 24.3 Å². The molecule has 1 aromatic carbocycles. The number of ether oxygens (including phenoxy) is 2. The minimum absolute atomic E-state index is 0.000163. The number of carbonyl (C=O) groups is 1. The Kier molecular flexibility index (Phi) is 4.79. The molecular weight excluding hydrogens is 422 g/mol. The highest BCUT2D eigenvalue weighted by molar-refractivity contribution is 5.76. The number of nitrogens with zero attached hydrogens (tertiary/aromatic N) is 3. The number of esters is 1. The SMILES string of the molecule is C[C@@H]1CCC[C@]2(C)C[C@@H]3OC(=O)[C@H](CN4CCN(c5ccc([N+](=O)[O-])cc5)CC4)[C@@H]3[C@H]3O[C@@]132. The number of rotatable bonds is 4. The fraction of sp³-hybridized carbons (Fsp3) is 0.720. The van der Waals surface area contributed by atoms with Crippen LogP contribution >= 0.6 is 0 Å². The summed E-state index contributed by atoms with van der Waals surface area (Å²) in [4.78, 5) is 28.1. The molecule has 6 rings (SSSR count). The first-order chi connectivity index (χ1) is 15.8. The van der Waals surface area contributed by atoms with Crippen molar-refractivity contribution in [3.05, 3.63) is 34.4 Å².